The number of benzene rings is 6. The average Bonchev–Trinajstić information content (AvgIpc) is 4.31. The van der Waals surface area contributed by atoms with Crippen LogP contribution in [-0.4, -0.2) is 87.5 Å². The standard InChI is InChI=1S/C31H36Br2O5.C28H30Br2O5/c1-30(2,3)22-14-27(32)29(28(33)15-22)38-17-23(34)16-35-24-10-6-20(7-11-24)31(4,5)21-8-12-25(13-9-21)36-18-26-19-37-26;1-18-12-25(29)27(26(30)13-18)35-15-21(31)14-32-22-8-4-19(5-9-22)28(2,3)20-6-10-23(11-7-20)33-16-24-17-34-24/h6-15,23,26,34H,16-19H2,1-5H3;4-13,21,24,31H,14-17H2,1-3H3. The number of rotatable bonds is 22. The lowest BCUT2D eigenvalue weighted by molar-refractivity contribution is 0.0621. The molecule has 0 saturated carbocycles. The van der Waals surface area contributed by atoms with Crippen molar-refractivity contribution in [3.05, 3.63) is 173 Å². The molecular weight excluding hydrogens is 1190 g/mol. The molecule has 6 aromatic carbocycles. The zero-order valence-electron chi connectivity index (χ0n) is 42.7. The van der Waals surface area contributed by atoms with Crippen LogP contribution in [0, 0.1) is 6.92 Å². The molecule has 0 spiro atoms. The van der Waals surface area contributed by atoms with E-state index in [1.165, 1.54) is 27.8 Å². The Kier molecular flexibility index (Phi) is 19.5. The molecule has 4 atom stereocenters. The summed E-state index contributed by atoms with van der Waals surface area (Å²) in [6.45, 7) is 20.6. The third kappa shape index (κ3) is 16.4. The molecule has 0 bridgehead atoms. The molecule has 10 nitrogen and oxygen atoms in total. The molecule has 2 aliphatic rings. The number of aliphatic hydroxyl groups is 2. The van der Waals surface area contributed by atoms with E-state index >= 15 is 0 Å². The smallest absolute Gasteiger partial charge is 0.147 e. The molecule has 4 unspecified atom stereocenters. The molecule has 2 N–H and O–H groups in total. The summed E-state index contributed by atoms with van der Waals surface area (Å²) in [4.78, 5) is 0. The molecule has 0 aliphatic carbocycles. The molecule has 2 saturated heterocycles. The van der Waals surface area contributed by atoms with Gasteiger partial charge in [-0.15, -0.1) is 0 Å². The molecule has 0 radical (unpaired) electrons. The van der Waals surface area contributed by atoms with Crippen LogP contribution in [0.1, 0.15) is 81.8 Å². The molecule has 390 valence electrons. The minimum Gasteiger partial charge on any atom is -0.491 e. The van der Waals surface area contributed by atoms with E-state index in [2.05, 4.69) is 173 Å². The molecule has 0 aromatic heterocycles. The van der Waals surface area contributed by atoms with Crippen LogP contribution >= 0.6 is 63.7 Å². The predicted octanol–water partition coefficient (Wildman–Crippen LogP) is 13.9. The number of epoxide rings is 2. The SMILES string of the molecule is CC(C)(C)c1cc(Br)c(OCC(O)COc2ccc(C(C)(C)c3ccc(OCC4CO4)cc3)cc2)c(Br)c1.Cc1cc(Br)c(OCC(O)COc2ccc(C(C)(C)c3ccc(OCC4CO4)cc3)cc2)c(Br)c1. The number of ether oxygens (including phenoxy) is 8. The minimum absolute atomic E-state index is 0.0204. The van der Waals surface area contributed by atoms with E-state index in [4.69, 9.17) is 37.9 Å². The summed E-state index contributed by atoms with van der Waals surface area (Å²) in [5.74, 6) is 4.44. The molecule has 73 heavy (non-hydrogen) atoms. The van der Waals surface area contributed by atoms with Gasteiger partial charge in [0.1, 0.15) is 98.6 Å². The van der Waals surface area contributed by atoms with Crippen LogP contribution in [-0.2, 0) is 25.7 Å². The quantitative estimate of drug-likeness (QED) is 0.0636. The molecule has 0 amide bonds. The summed E-state index contributed by atoms with van der Waals surface area (Å²) in [6, 6.07) is 40.5. The van der Waals surface area contributed by atoms with Crippen LogP contribution < -0.4 is 28.4 Å². The fourth-order valence-electron chi connectivity index (χ4n) is 7.71. The predicted molar refractivity (Wildman–Crippen MR) is 302 cm³/mol. The van der Waals surface area contributed by atoms with Crippen LogP contribution in [0.15, 0.2) is 139 Å². The normalized spacial score (nSPS) is 16.1. The van der Waals surface area contributed by atoms with E-state index in [9.17, 15) is 10.2 Å². The van der Waals surface area contributed by atoms with Crippen molar-refractivity contribution in [1.82, 2.24) is 0 Å². The Bertz CT molecular complexity index is 2670. The molecule has 8 rings (SSSR count). The Hall–Kier alpha value is -4.12. The highest BCUT2D eigenvalue weighted by Gasteiger charge is 2.27. The van der Waals surface area contributed by atoms with E-state index < -0.39 is 12.2 Å². The molecule has 2 heterocycles. The highest BCUT2D eigenvalue weighted by molar-refractivity contribution is 9.11. The van der Waals surface area contributed by atoms with Crippen molar-refractivity contribution in [2.75, 3.05) is 52.9 Å². The zero-order valence-corrected chi connectivity index (χ0v) is 49.0. The summed E-state index contributed by atoms with van der Waals surface area (Å²) < 4.78 is 48.6. The van der Waals surface area contributed by atoms with Crippen molar-refractivity contribution >= 4 is 63.7 Å². The summed E-state index contributed by atoms with van der Waals surface area (Å²) in [7, 11) is 0. The van der Waals surface area contributed by atoms with Crippen LogP contribution in [0.4, 0.5) is 0 Å². The third-order valence-corrected chi connectivity index (χ3v) is 15.1. The summed E-state index contributed by atoms with van der Waals surface area (Å²) in [6.07, 6.45) is -1.05. The Labute approximate surface area is 464 Å². The fraction of sp³-hybridized carbons (Fsp3) is 0.390. The van der Waals surface area contributed by atoms with Gasteiger partial charge in [0.05, 0.1) is 31.1 Å². The van der Waals surface area contributed by atoms with E-state index in [0.717, 1.165) is 48.2 Å². The van der Waals surface area contributed by atoms with Gasteiger partial charge in [-0.25, -0.2) is 0 Å². The second kappa shape index (κ2) is 25.1. The van der Waals surface area contributed by atoms with Gasteiger partial charge in [-0.3, -0.25) is 0 Å². The number of aliphatic hydroxyl groups excluding tert-OH is 2. The summed E-state index contributed by atoms with van der Waals surface area (Å²) >= 11 is 14.2. The van der Waals surface area contributed by atoms with Gasteiger partial charge >= 0.3 is 0 Å². The molecular formula is C59H66Br4O10. The third-order valence-electron chi connectivity index (χ3n) is 12.7. The molecule has 6 aromatic rings. The Morgan fingerprint density at radius 3 is 1.00 bits per heavy atom. The van der Waals surface area contributed by atoms with E-state index in [1.807, 2.05) is 67.6 Å². The van der Waals surface area contributed by atoms with Gasteiger partial charge in [-0.05, 0) is 182 Å². The monoisotopic (exact) mass is 1250 g/mol. The van der Waals surface area contributed by atoms with Crippen molar-refractivity contribution in [3.8, 4) is 34.5 Å². The van der Waals surface area contributed by atoms with Crippen LogP contribution in [0.5, 0.6) is 34.5 Å². The summed E-state index contributed by atoms with van der Waals surface area (Å²) in [5, 5.41) is 20.8. The highest BCUT2D eigenvalue weighted by Crippen LogP contribution is 2.40. The lowest BCUT2D eigenvalue weighted by Gasteiger charge is -2.26. The van der Waals surface area contributed by atoms with Gasteiger partial charge in [-0.2, -0.15) is 0 Å². The Morgan fingerprint density at radius 1 is 0.438 bits per heavy atom. The molecule has 2 aliphatic heterocycles. The maximum Gasteiger partial charge on any atom is 0.147 e. The van der Waals surface area contributed by atoms with Gasteiger partial charge < -0.3 is 48.1 Å². The second-order valence-corrected chi connectivity index (χ2v) is 23.9. The van der Waals surface area contributed by atoms with Gasteiger partial charge in [0.2, 0.25) is 0 Å². The van der Waals surface area contributed by atoms with Crippen molar-refractivity contribution in [1.29, 1.82) is 0 Å². The average molecular weight is 1250 g/mol. The number of aryl methyl sites for hydroxylation is 1. The largest absolute Gasteiger partial charge is 0.491 e. The Morgan fingerprint density at radius 2 is 0.712 bits per heavy atom. The first-order valence-electron chi connectivity index (χ1n) is 24.4. The van der Waals surface area contributed by atoms with Gasteiger partial charge in [0, 0.05) is 10.8 Å². The number of hydrogen-bond acceptors (Lipinski definition) is 10. The van der Waals surface area contributed by atoms with Crippen LogP contribution in [0.2, 0.25) is 0 Å². The zero-order chi connectivity index (χ0) is 52.5. The van der Waals surface area contributed by atoms with E-state index in [0.29, 0.717) is 36.2 Å². The number of halogens is 4. The maximum absolute atomic E-state index is 10.5. The topological polar surface area (TPSA) is 121 Å². The first kappa shape index (κ1) is 56.6. The Balaban J connectivity index is 0.000000214. The van der Waals surface area contributed by atoms with E-state index in [-0.39, 0.29) is 54.9 Å². The molecule has 14 heteroatoms. The van der Waals surface area contributed by atoms with Gasteiger partial charge in [-0.1, -0.05) is 97.0 Å². The number of hydrogen-bond donors (Lipinski definition) is 2. The lowest BCUT2D eigenvalue weighted by Crippen LogP contribution is -2.25. The van der Waals surface area contributed by atoms with Crippen LogP contribution in [0.3, 0.4) is 0 Å². The van der Waals surface area contributed by atoms with E-state index in [1.54, 1.807) is 0 Å². The van der Waals surface area contributed by atoms with Crippen molar-refractivity contribution in [2.24, 2.45) is 0 Å². The van der Waals surface area contributed by atoms with Crippen molar-refractivity contribution in [3.63, 3.8) is 0 Å². The highest BCUT2D eigenvalue weighted by atomic mass is 79.9. The van der Waals surface area contributed by atoms with Crippen molar-refractivity contribution < 1.29 is 48.1 Å². The van der Waals surface area contributed by atoms with Crippen LogP contribution in [0.25, 0.3) is 0 Å². The minimum atomic E-state index is -0.778. The first-order chi connectivity index (χ1) is 34.6. The van der Waals surface area contributed by atoms with Gasteiger partial charge in [0.15, 0.2) is 0 Å². The van der Waals surface area contributed by atoms with Gasteiger partial charge in [0.25, 0.3) is 0 Å². The lowest BCUT2D eigenvalue weighted by atomic mass is 9.78. The first-order valence-corrected chi connectivity index (χ1v) is 27.6. The summed E-state index contributed by atoms with van der Waals surface area (Å²) in [5.41, 5.74) is 6.68. The van der Waals surface area contributed by atoms with Crippen molar-refractivity contribution in [2.45, 2.75) is 96.1 Å². The fourth-order valence-corrected chi connectivity index (χ4v) is 10.8. The molecule has 2 fully saturated rings. The second-order valence-electron chi connectivity index (χ2n) is 20.5. The maximum atomic E-state index is 10.5.